The van der Waals surface area contributed by atoms with Crippen molar-refractivity contribution in [1.29, 1.82) is 0 Å². The van der Waals surface area contributed by atoms with Crippen LogP contribution in [0.15, 0.2) is 48.8 Å². The first kappa shape index (κ1) is 26.7. The second kappa shape index (κ2) is 12.3. The minimum Gasteiger partial charge on any atom is -0.497 e. The van der Waals surface area contributed by atoms with E-state index in [0.29, 0.717) is 40.9 Å². The Morgan fingerprint density at radius 3 is 2.41 bits per heavy atom. The molecule has 9 heteroatoms. The van der Waals surface area contributed by atoms with E-state index in [-0.39, 0.29) is 12.3 Å². The van der Waals surface area contributed by atoms with E-state index < -0.39 is 0 Å². The summed E-state index contributed by atoms with van der Waals surface area (Å²) in [6.07, 6.45) is 2.26. The monoisotopic (exact) mass is 523 g/mol. The van der Waals surface area contributed by atoms with Crippen LogP contribution in [-0.2, 0) is 17.6 Å². The third-order valence-corrected chi connectivity index (χ3v) is 7.11. The molecule has 1 saturated heterocycles. The van der Waals surface area contributed by atoms with Crippen LogP contribution >= 0.6 is 11.6 Å². The Hall–Kier alpha value is -3.36. The van der Waals surface area contributed by atoms with E-state index in [1.165, 1.54) is 19.1 Å². The summed E-state index contributed by atoms with van der Waals surface area (Å²) in [6.45, 7) is 6.63. The normalized spacial score (nSPS) is 13.9. The van der Waals surface area contributed by atoms with Gasteiger partial charge in [-0.15, -0.1) is 0 Å². The summed E-state index contributed by atoms with van der Waals surface area (Å²) in [4.78, 5) is 28.5. The molecule has 0 radical (unpaired) electrons. The molecule has 1 aromatic heterocycles. The summed E-state index contributed by atoms with van der Waals surface area (Å²) in [7, 11) is 5.26. The quantitative estimate of drug-likeness (QED) is 0.418. The molecule has 37 heavy (non-hydrogen) atoms. The van der Waals surface area contributed by atoms with Gasteiger partial charge in [0.05, 0.1) is 31.4 Å². The van der Waals surface area contributed by atoms with Gasteiger partial charge in [0.15, 0.2) is 0 Å². The van der Waals surface area contributed by atoms with Crippen LogP contribution in [0.25, 0.3) is 0 Å². The van der Waals surface area contributed by atoms with Crippen molar-refractivity contribution in [3.8, 4) is 11.5 Å². The maximum atomic E-state index is 13.3. The molecule has 0 unspecified atom stereocenters. The molecule has 1 aliphatic heterocycles. The van der Waals surface area contributed by atoms with E-state index in [0.717, 1.165) is 37.4 Å². The lowest BCUT2D eigenvalue weighted by molar-refractivity contribution is -0.118. The average Bonchev–Trinajstić information content (AvgIpc) is 2.91. The van der Waals surface area contributed by atoms with Crippen LogP contribution in [0.4, 0.5) is 11.5 Å². The Bertz CT molecular complexity index is 1210. The van der Waals surface area contributed by atoms with Crippen molar-refractivity contribution in [3.63, 3.8) is 0 Å². The highest BCUT2D eigenvalue weighted by Crippen LogP contribution is 2.33. The number of ether oxygens (including phenoxy) is 2. The number of carbonyl (C=O) groups excluding carboxylic acids is 1. The van der Waals surface area contributed by atoms with Crippen LogP contribution in [-0.4, -0.2) is 74.8 Å². The minimum absolute atomic E-state index is 0.0906. The van der Waals surface area contributed by atoms with E-state index in [2.05, 4.69) is 51.1 Å². The second-order valence-corrected chi connectivity index (χ2v) is 9.50. The van der Waals surface area contributed by atoms with Gasteiger partial charge in [0.2, 0.25) is 5.91 Å². The molecule has 3 aromatic rings. The summed E-state index contributed by atoms with van der Waals surface area (Å²) in [5.41, 5.74) is 3.89. The SMILES string of the molecule is CCN(C(=O)Cc1cc(OC)cc(OC)c1Cl)c1cc(Cc2ccc(N3CCN(C)CC3)cc2)ncn1. The average molecular weight is 524 g/mol. The molecule has 2 heterocycles. The van der Waals surface area contributed by atoms with Crippen molar-refractivity contribution >= 4 is 29.0 Å². The number of anilines is 2. The van der Waals surface area contributed by atoms with Crippen LogP contribution in [0.5, 0.6) is 11.5 Å². The summed E-state index contributed by atoms with van der Waals surface area (Å²) >= 11 is 6.48. The number of benzene rings is 2. The van der Waals surface area contributed by atoms with Crippen LogP contribution in [0.1, 0.15) is 23.7 Å². The fraction of sp³-hybridized carbons (Fsp3) is 0.393. The van der Waals surface area contributed by atoms with Gasteiger partial charge in [0.25, 0.3) is 0 Å². The topological polar surface area (TPSA) is 71.0 Å². The molecule has 0 saturated carbocycles. The lowest BCUT2D eigenvalue weighted by atomic mass is 10.1. The fourth-order valence-corrected chi connectivity index (χ4v) is 4.73. The number of methoxy groups -OCH3 is 2. The number of piperazine rings is 1. The zero-order chi connectivity index (χ0) is 26.4. The molecule has 0 N–H and O–H groups in total. The molecule has 0 atom stereocenters. The number of aromatic nitrogens is 2. The third kappa shape index (κ3) is 6.50. The molecule has 1 aliphatic rings. The van der Waals surface area contributed by atoms with Crippen LogP contribution in [0.3, 0.4) is 0 Å². The zero-order valence-corrected chi connectivity index (χ0v) is 22.7. The standard InChI is InChI=1S/C28H34ClN5O3/c1-5-34(27(35)16-21-15-24(36-3)18-25(37-4)28(21)29)26-17-22(30-19-31-26)14-20-6-8-23(9-7-20)33-12-10-32(2)11-13-33/h6-9,15,17-19H,5,10-14,16H2,1-4H3. The van der Waals surface area contributed by atoms with Crippen LogP contribution < -0.4 is 19.3 Å². The molecule has 1 amide bonds. The number of nitrogens with zero attached hydrogens (tertiary/aromatic N) is 5. The van der Waals surface area contributed by atoms with Gasteiger partial charge >= 0.3 is 0 Å². The van der Waals surface area contributed by atoms with E-state index >= 15 is 0 Å². The number of rotatable bonds is 9. The van der Waals surface area contributed by atoms with E-state index in [1.54, 1.807) is 24.1 Å². The summed E-state index contributed by atoms with van der Waals surface area (Å²) in [6, 6.07) is 14.0. The van der Waals surface area contributed by atoms with Crippen molar-refractivity contribution in [2.24, 2.45) is 0 Å². The van der Waals surface area contributed by atoms with Gasteiger partial charge in [0, 0.05) is 57.0 Å². The number of halogens is 1. The molecular formula is C28H34ClN5O3. The summed E-state index contributed by atoms with van der Waals surface area (Å²) in [5, 5.41) is 0.399. The number of hydrogen-bond acceptors (Lipinski definition) is 7. The van der Waals surface area contributed by atoms with Crippen molar-refractivity contribution in [2.75, 3.05) is 63.8 Å². The second-order valence-electron chi connectivity index (χ2n) is 9.12. The van der Waals surface area contributed by atoms with E-state index in [1.807, 2.05) is 13.0 Å². The van der Waals surface area contributed by atoms with Crippen LogP contribution in [0.2, 0.25) is 5.02 Å². The highest BCUT2D eigenvalue weighted by Gasteiger charge is 2.20. The van der Waals surface area contributed by atoms with Crippen molar-refractivity contribution in [1.82, 2.24) is 14.9 Å². The molecule has 0 spiro atoms. The highest BCUT2D eigenvalue weighted by atomic mass is 35.5. The number of hydrogen-bond donors (Lipinski definition) is 0. The van der Waals surface area contributed by atoms with Gasteiger partial charge in [0.1, 0.15) is 23.6 Å². The van der Waals surface area contributed by atoms with Crippen molar-refractivity contribution < 1.29 is 14.3 Å². The molecule has 4 rings (SSSR count). The highest BCUT2D eigenvalue weighted by molar-refractivity contribution is 6.33. The predicted molar refractivity (Wildman–Crippen MR) is 147 cm³/mol. The van der Waals surface area contributed by atoms with Crippen LogP contribution in [0, 0.1) is 0 Å². The first-order chi connectivity index (χ1) is 17.9. The lowest BCUT2D eigenvalue weighted by Crippen LogP contribution is -2.44. The maximum absolute atomic E-state index is 13.3. The van der Waals surface area contributed by atoms with Gasteiger partial charge < -0.3 is 19.3 Å². The number of carbonyl (C=O) groups is 1. The molecule has 196 valence electrons. The first-order valence-corrected chi connectivity index (χ1v) is 12.8. The van der Waals surface area contributed by atoms with Crippen molar-refractivity contribution in [3.05, 3.63) is 70.6 Å². The Labute approximate surface area is 223 Å². The molecule has 2 aromatic carbocycles. The smallest absolute Gasteiger partial charge is 0.232 e. The lowest BCUT2D eigenvalue weighted by Gasteiger charge is -2.34. The maximum Gasteiger partial charge on any atom is 0.232 e. The Kier molecular flexibility index (Phi) is 8.84. The Morgan fingerprint density at radius 1 is 1.03 bits per heavy atom. The van der Waals surface area contributed by atoms with Crippen molar-refractivity contribution in [2.45, 2.75) is 19.8 Å². The number of likely N-dealkylation sites (N-methyl/N-ethyl adjacent to an activating group) is 2. The van der Waals surface area contributed by atoms with Gasteiger partial charge in [-0.2, -0.15) is 0 Å². The van der Waals surface area contributed by atoms with Gasteiger partial charge in [-0.3, -0.25) is 9.69 Å². The van der Waals surface area contributed by atoms with E-state index in [4.69, 9.17) is 21.1 Å². The number of amides is 1. The molecule has 0 bridgehead atoms. The largest absolute Gasteiger partial charge is 0.497 e. The van der Waals surface area contributed by atoms with E-state index in [9.17, 15) is 4.79 Å². The fourth-order valence-electron chi connectivity index (χ4n) is 4.48. The molecule has 8 nitrogen and oxygen atoms in total. The predicted octanol–water partition coefficient (Wildman–Crippen LogP) is 4.09. The summed E-state index contributed by atoms with van der Waals surface area (Å²) in [5.74, 6) is 1.49. The Morgan fingerprint density at radius 2 is 1.76 bits per heavy atom. The molecule has 1 fully saturated rings. The van der Waals surface area contributed by atoms with Gasteiger partial charge in [-0.05, 0) is 43.3 Å². The van der Waals surface area contributed by atoms with Gasteiger partial charge in [-0.1, -0.05) is 23.7 Å². The molecule has 0 aliphatic carbocycles. The van der Waals surface area contributed by atoms with Gasteiger partial charge in [-0.25, -0.2) is 9.97 Å². The Balaban J connectivity index is 1.46. The molecular weight excluding hydrogens is 490 g/mol. The third-order valence-electron chi connectivity index (χ3n) is 6.68. The summed E-state index contributed by atoms with van der Waals surface area (Å²) < 4.78 is 10.7. The first-order valence-electron chi connectivity index (χ1n) is 12.5. The zero-order valence-electron chi connectivity index (χ0n) is 21.9. The minimum atomic E-state index is -0.124.